The Kier molecular flexibility index (Phi) is 4.95. The molecule has 4 heteroatoms. The van der Waals surface area contributed by atoms with Gasteiger partial charge in [-0.1, -0.05) is 0 Å². The van der Waals surface area contributed by atoms with E-state index in [1.54, 1.807) is 0 Å². The Balaban J connectivity index is 1.56. The molecule has 1 aromatic heterocycles. The second-order valence-electron chi connectivity index (χ2n) is 4.83. The standard InChI is InChI=1S/C13H23N3S/c1-11-12(2)17-13(15-11)10-14-6-5-9-16-7-3-4-8-16/h14H,3-10H2,1-2H3. The highest BCUT2D eigenvalue weighted by Crippen LogP contribution is 2.15. The van der Waals surface area contributed by atoms with Crippen molar-refractivity contribution in [3.05, 3.63) is 15.6 Å². The molecule has 0 amide bonds. The van der Waals surface area contributed by atoms with E-state index in [-0.39, 0.29) is 0 Å². The van der Waals surface area contributed by atoms with Gasteiger partial charge in [-0.05, 0) is 59.3 Å². The summed E-state index contributed by atoms with van der Waals surface area (Å²) in [5, 5.41) is 4.71. The fraction of sp³-hybridized carbons (Fsp3) is 0.769. The van der Waals surface area contributed by atoms with Crippen molar-refractivity contribution in [1.29, 1.82) is 0 Å². The van der Waals surface area contributed by atoms with Crippen LogP contribution < -0.4 is 5.32 Å². The highest BCUT2D eigenvalue weighted by atomic mass is 32.1. The molecule has 96 valence electrons. The Labute approximate surface area is 108 Å². The number of likely N-dealkylation sites (tertiary alicyclic amines) is 1. The van der Waals surface area contributed by atoms with E-state index in [4.69, 9.17) is 0 Å². The van der Waals surface area contributed by atoms with E-state index < -0.39 is 0 Å². The zero-order valence-corrected chi connectivity index (χ0v) is 11.8. The van der Waals surface area contributed by atoms with Gasteiger partial charge in [0, 0.05) is 11.4 Å². The molecule has 0 radical (unpaired) electrons. The number of aryl methyl sites for hydroxylation is 2. The van der Waals surface area contributed by atoms with Crippen LogP contribution in [0.5, 0.6) is 0 Å². The Morgan fingerprint density at radius 2 is 2.06 bits per heavy atom. The third-order valence-corrected chi connectivity index (χ3v) is 4.45. The van der Waals surface area contributed by atoms with Gasteiger partial charge in [-0.25, -0.2) is 4.98 Å². The molecule has 1 fully saturated rings. The zero-order chi connectivity index (χ0) is 12.1. The molecule has 3 nitrogen and oxygen atoms in total. The number of nitrogens with one attached hydrogen (secondary N) is 1. The number of rotatable bonds is 6. The van der Waals surface area contributed by atoms with Crippen molar-refractivity contribution in [2.45, 2.75) is 39.7 Å². The van der Waals surface area contributed by atoms with E-state index in [0.717, 1.165) is 13.1 Å². The normalized spacial score (nSPS) is 16.8. The molecular formula is C13H23N3S. The lowest BCUT2D eigenvalue weighted by molar-refractivity contribution is 0.331. The maximum absolute atomic E-state index is 4.53. The number of thiazole rings is 1. The quantitative estimate of drug-likeness (QED) is 0.789. The van der Waals surface area contributed by atoms with Gasteiger partial charge >= 0.3 is 0 Å². The zero-order valence-electron chi connectivity index (χ0n) is 11.0. The maximum Gasteiger partial charge on any atom is 0.107 e. The molecular weight excluding hydrogens is 230 g/mol. The molecule has 1 aliphatic heterocycles. The minimum Gasteiger partial charge on any atom is -0.310 e. The summed E-state index contributed by atoms with van der Waals surface area (Å²) in [5.41, 5.74) is 1.18. The van der Waals surface area contributed by atoms with Crippen LogP contribution in [0.1, 0.15) is 34.8 Å². The van der Waals surface area contributed by atoms with Crippen LogP contribution in [0.2, 0.25) is 0 Å². The first-order valence-corrected chi connectivity index (χ1v) is 7.43. The smallest absolute Gasteiger partial charge is 0.107 e. The summed E-state index contributed by atoms with van der Waals surface area (Å²) in [6, 6.07) is 0. The van der Waals surface area contributed by atoms with Crippen molar-refractivity contribution < 1.29 is 0 Å². The van der Waals surface area contributed by atoms with Crippen LogP contribution in [0.3, 0.4) is 0 Å². The van der Waals surface area contributed by atoms with E-state index in [9.17, 15) is 0 Å². The number of hydrogen-bond donors (Lipinski definition) is 1. The van der Waals surface area contributed by atoms with Crippen molar-refractivity contribution in [2.75, 3.05) is 26.2 Å². The van der Waals surface area contributed by atoms with Crippen molar-refractivity contribution in [1.82, 2.24) is 15.2 Å². The van der Waals surface area contributed by atoms with E-state index in [2.05, 4.69) is 29.0 Å². The van der Waals surface area contributed by atoms with Gasteiger partial charge < -0.3 is 10.2 Å². The van der Waals surface area contributed by atoms with E-state index in [0.29, 0.717) is 0 Å². The lowest BCUT2D eigenvalue weighted by atomic mass is 10.4. The molecule has 0 bridgehead atoms. The van der Waals surface area contributed by atoms with Crippen molar-refractivity contribution in [3.63, 3.8) is 0 Å². The first-order valence-electron chi connectivity index (χ1n) is 6.61. The first-order chi connectivity index (χ1) is 8.25. The van der Waals surface area contributed by atoms with Gasteiger partial charge in [0.2, 0.25) is 0 Å². The fourth-order valence-corrected chi connectivity index (χ4v) is 3.15. The van der Waals surface area contributed by atoms with Crippen molar-refractivity contribution >= 4 is 11.3 Å². The lowest BCUT2D eigenvalue weighted by Gasteiger charge is -2.13. The van der Waals surface area contributed by atoms with E-state index in [1.165, 1.54) is 54.5 Å². The van der Waals surface area contributed by atoms with Crippen LogP contribution in [0, 0.1) is 13.8 Å². The van der Waals surface area contributed by atoms with Gasteiger partial charge in [-0.15, -0.1) is 11.3 Å². The van der Waals surface area contributed by atoms with Gasteiger partial charge in [-0.3, -0.25) is 0 Å². The predicted molar refractivity (Wildman–Crippen MR) is 73.6 cm³/mol. The van der Waals surface area contributed by atoms with Gasteiger partial charge in [-0.2, -0.15) is 0 Å². The second-order valence-corrected chi connectivity index (χ2v) is 6.12. The Morgan fingerprint density at radius 3 is 2.71 bits per heavy atom. The molecule has 0 saturated carbocycles. The highest BCUT2D eigenvalue weighted by molar-refractivity contribution is 7.11. The Morgan fingerprint density at radius 1 is 1.29 bits per heavy atom. The molecule has 1 aliphatic rings. The minimum atomic E-state index is 0.930. The molecule has 2 heterocycles. The number of hydrogen-bond acceptors (Lipinski definition) is 4. The predicted octanol–water partition coefficient (Wildman–Crippen LogP) is 2.34. The summed E-state index contributed by atoms with van der Waals surface area (Å²) < 4.78 is 0. The SMILES string of the molecule is Cc1nc(CNCCCN2CCCC2)sc1C. The van der Waals surface area contributed by atoms with Gasteiger partial charge in [0.15, 0.2) is 0 Å². The maximum atomic E-state index is 4.53. The van der Waals surface area contributed by atoms with Gasteiger partial charge in [0.1, 0.15) is 5.01 Å². The topological polar surface area (TPSA) is 28.2 Å². The molecule has 0 aliphatic carbocycles. The monoisotopic (exact) mass is 253 g/mol. The third kappa shape index (κ3) is 4.05. The van der Waals surface area contributed by atoms with Crippen LogP contribution in [-0.4, -0.2) is 36.1 Å². The van der Waals surface area contributed by atoms with Crippen LogP contribution >= 0.6 is 11.3 Å². The van der Waals surface area contributed by atoms with Crippen LogP contribution in [0.15, 0.2) is 0 Å². The van der Waals surface area contributed by atoms with Gasteiger partial charge in [0.25, 0.3) is 0 Å². The summed E-state index contributed by atoms with van der Waals surface area (Å²) in [5.74, 6) is 0. The van der Waals surface area contributed by atoms with Crippen LogP contribution in [-0.2, 0) is 6.54 Å². The largest absolute Gasteiger partial charge is 0.310 e. The van der Waals surface area contributed by atoms with E-state index >= 15 is 0 Å². The second kappa shape index (κ2) is 6.47. The molecule has 1 N–H and O–H groups in total. The highest BCUT2D eigenvalue weighted by Gasteiger charge is 2.10. The average molecular weight is 253 g/mol. The summed E-state index contributed by atoms with van der Waals surface area (Å²) in [4.78, 5) is 8.45. The fourth-order valence-electron chi connectivity index (χ4n) is 2.24. The van der Waals surface area contributed by atoms with Crippen molar-refractivity contribution in [3.8, 4) is 0 Å². The molecule has 0 atom stereocenters. The van der Waals surface area contributed by atoms with Gasteiger partial charge in [0.05, 0.1) is 5.69 Å². The van der Waals surface area contributed by atoms with E-state index in [1.807, 2.05) is 11.3 Å². The van der Waals surface area contributed by atoms with Crippen LogP contribution in [0.25, 0.3) is 0 Å². The summed E-state index contributed by atoms with van der Waals surface area (Å²) in [6.07, 6.45) is 4.04. The Hall–Kier alpha value is -0.450. The third-order valence-electron chi connectivity index (χ3n) is 3.38. The average Bonchev–Trinajstić information content (AvgIpc) is 2.90. The molecule has 17 heavy (non-hydrogen) atoms. The summed E-state index contributed by atoms with van der Waals surface area (Å²) in [6.45, 7) is 10.1. The number of aromatic nitrogens is 1. The minimum absolute atomic E-state index is 0.930. The van der Waals surface area contributed by atoms with Crippen LogP contribution in [0.4, 0.5) is 0 Å². The first kappa shape index (κ1) is 13.0. The molecule has 0 aromatic carbocycles. The summed E-state index contributed by atoms with van der Waals surface area (Å²) in [7, 11) is 0. The molecule has 0 spiro atoms. The summed E-state index contributed by atoms with van der Waals surface area (Å²) >= 11 is 1.81. The molecule has 2 rings (SSSR count). The molecule has 0 unspecified atom stereocenters. The lowest BCUT2D eigenvalue weighted by Crippen LogP contribution is -2.24. The number of nitrogens with zero attached hydrogens (tertiary/aromatic N) is 2. The molecule has 1 saturated heterocycles. The molecule has 1 aromatic rings. The Bertz CT molecular complexity index is 323. The van der Waals surface area contributed by atoms with Crippen molar-refractivity contribution in [2.24, 2.45) is 0 Å².